The minimum atomic E-state index is -0.442. The second-order valence-corrected chi connectivity index (χ2v) is 5.61. The van der Waals surface area contributed by atoms with E-state index in [1.807, 2.05) is 6.07 Å². The normalized spacial score (nSPS) is 10.3. The van der Waals surface area contributed by atoms with Crippen LogP contribution in [0.3, 0.4) is 0 Å². The van der Waals surface area contributed by atoms with E-state index in [1.54, 1.807) is 37.3 Å². The van der Waals surface area contributed by atoms with Gasteiger partial charge in [-0.25, -0.2) is 4.79 Å². The van der Waals surface area contributed by atoms with Crippen molar-refractivity contribution in [1.29, 1.82) is 0 Å². The van der Waals surface area contributed by atoms with Crippen LogP contribution in [0.2, 0.25) is 0 Å². The van der Waals surface area contributed by atoms with Crippen LogP contribution in [0.1, 0.15) is 27.6 Å². The predicted molar refractivity (Wildman–Crippen MR) is 93.4 cm³/mol. The molecule has 0 aromatic heterocycles. The summed E-state index contributed by atoms with van der Waals surface area (Å²) < 4.78 is 16.1. The van der Waals surface area contributed by atoms with Gasteiger partial charge in [0, 0.05) is 18.2 Å². The van der Waals surface area contributed by atoms with Gasteiger partial charge in [0.15, 0.2) is 6.79 Å². The molecule has 0 radical (unpaired) electrons. The Morgan fingerprint density at radius 3 is 2.71 bits per heavy atom. The third-order valence-electron chi connectivity index (χ3n) is 3.25. The Morgan fingerprint density at radius 1 is 1.25 bits per heavy atom. The predicted octanol–water partition coefficient (Wildman–Crippen LogP) is 4.09. The van der Waals surface area contributed by atoms with Crippen LogP contribution in [0.5, 0.6) is 5.75 Å². The number of ether oxygens (including phenoxy) is 3. The zero-order chi connectivity index (χ0) is 17.5. The lowest BCUT2D eigenvalue weighted by molar-refractivity contribution is 0.0504. The Bertz CT molecular complexity index is 742. The number of hydrogen-bond donors (Lipinski definition) is 0. The van der Waals surface area contributed by atoms with E-state index in [2.05, 4.69) is 15.9 Å². The molecule has 0 fully saturated rings. The number of benzene rings is 2. The molecule has 0 saturated heterocycles. The molecule has 0 unspecified atom stereocenters. The van der Waals surface area contributed by atoms with Crippen LogP contribution >= 0.6 is 15.9 Å². The van der Waals surface area contributed by atoms with E-state index >= 15 is 0 Å². The molecule has 0 aliphatic carbocycles. The van der Waals surface area contributed by atoms with Crippen LogP contribution in [0, 0.1) is 0 Å². The molecule has 2 aromatic rings. The van der Waals surface area contributed by atoms with E-state index in [1.165, 1.54) is 7.11 Å². The molecule has 6 heteroatoms. The maximum absolute atomic E-state index is 12.3. The Kier molecular flexibility index (Phi) is 6.52. The molecule has 0 aliphatic heterocycles. The number of aldehydes is 1. The molecule has 0 saturated carbocycles. The molecule has 0 bridgehead atoms. The zero-order valence-electron chi connectivity index (χ0n) is 13.4. The average molecular weight is 393 g/mol. The molecule has 126 valence electrons. The van der Waals surface area contributed by atoms with E-state index in [9.17, 15) is 9.59 Å². The first-order valence-electron chi connectivity index (χ1n) is 7.29. The van der Waals surface area contributed by atoms with Gasteiger partial charge in [-0.05, 0) is 46.6 Å². The number of carbonyl (C=O) groups is 2. The van der Waals surface area contributed by atoms with E-state index < -0.39 is 5.97 Å². The minimum absolute atomic E-state index is 0.0746. The molecule has 2 aromatic carbocycles. The number of halogens is 1. The standard InChI is InChI=1S/C18H17BrO5/c1-3-23-18(21)14-7-8-15(24-11-22-2)17(19)16(14)13-6-4-5-12(9-13)10-20/h4-10H,3,11H2,1-2H3. The molecule has 0 heterocycles. The van der Waals surface area contributed by atoms with Crippen LogP contribution in [0.4, 0.5) is 0 Å². The fourth-order valence-electron chi connectivity index (χ4n) is 2.22. The first kappa shape index (κ1) is 18.2. The van der Waals surface area contributed by atoms with Crippen molar-refractivity contribution in [3.05, 3.63) is 52.0 Å². The van der Waals surface area contributed by atoms with Crippen LogP contribution in [-0.2, 0) is 9.47 Å². The maximum Gasteiger partial charge on any atom is 0.338 e. The highest BCUT2D eigenvalue weighted by molar-refractivity contribution is 9.10. The van der Waals surface area contributed by atoms with Crippen molar-refractivity contribution < 1.29 is 23.8 Å². The van der Waals surface area contributed by atoms with Crippen LogP contribution in [0.15, 0.2) is 40.9 Å². The number of hydrogen-bond acceptors (Lipinski definition) is 5. The van der Waals surface area contributed by atoms with Gasteiger partial charge in [-0.15, -0.1) is 0 Å². The third kappa shape index (κ3) is 4.01. The smallest absolute Gasteiger partial charge is 0.338 e. The summed E-state index contributed by atoms with van der Waals surface area (Å²) in [4.78, 5) is 23.4. The lowest BCUT2D eigenvalue weighted by Gasteiger charge is -2.15. The second-order valence-electron chi connectivity index (χ2n) is 4.81. The van der Waals surface area contributed by atoms with Crippen molar-refractivity contribution in [2.75, 3.05) is 20.5 Å². The number of carbonyl (C=O) groups excluding carboxylic acids is 2. The Hall–Kier alpha value is -2.18. The summed E-state index contributed by atoms with van der Waals surface area (Å²) >= 11 is 3.49. The van der Waals surface area contributed by atoms with Crippen LogP contribution in [0.25, 0.3) is 11.1 Å². The number of rotatable bonds is 7. The minimum Gasteiger partial charge on any atom is -0.466 e. The molecule has 0 spiro atoms. The van der Waals surface area contributed by atoms with Crippen molar-refractivity contribution >= 4 is 28.2 Å². The van der Waals surface area contributed by atoms with Gasteiger partial charge in [-0.3, -0.25) is 4.79 Å². The van der Waals surface area contributed by atoms with Gasteiger partial charge in [0.05, 0.1) is 16.6 Å². The molecule has 2 rings (SSSR count). The van der Waals surface area contributed by atoms with Crippen molar-refractivity contribution in [2.45, 2.75) is 6.92 Å². The summed E-state index contributed by atoms with van der Waals surface area (Å²) in [5.41, 5.74) is 2.21. The van der Waals surface area contributed by atoms with E-state index in [4.69, 9.17) is 14.2 Å². The van der Waals surface area contributed by atoms with Gasteiger partial charge in [-0.1, -0.05) is 18.2 Å². The average Bonchev–Trinajstić information content (AvgIpc) is 2.60. The van der Waals surface area contributed by atoms with E-state index in [0.717, 1.165) is 6.29 Å². The van der Waals surface area contributed by atoms with Gasteiger partial charge >= 0.3 is 5.97 Å². The highest BCUT2D eigenvalue weighted by atomic mass is 79.9. The van der Waals surface area contributed by atoms with Crippen LogP contribution < -0.4 is 4.74 Å². The fraction of sp³-hybridized carbons (Fsp3) is 0.222. The number of esters is 1. The van der Waals surface area contributed by atoms with Crippen molar-refractivity contribution in [1.82, 2.24) is 0 Å². The zero-order valence-corrected chi connectivity index (χ0v) is 15.0. The lowest BCUT2D eigenvalue weighted by Crippen LogP contribution is -2.08. The lowest BCUT2D eigenvalue weighted by atomic mass is 9.98. The summed E-state index contributed by atoms with van der Waals surface area (Å²) in [5.74, 6) is 0.0828. The van der Waals surface area contributed by atoms with E-state index in [0.29, 0.717) is 32.5 Å². The highest BCUT2D eigenvalue weighted by Crippen LogP contribution is 2.39. The summed E-state index contributed by atoms with van der Waals surface area (Å²) in [6, 6.07) is 10.3. The SMILES string of the molecule is CCOC(=O)c1ccc(OCOC)c(Br)c1-c1cccc(C=O)c1. The van der Waals surface area contributed by atoms with Gasteiger partial charge < -0.3 is 14.2 Å². The maximum atomic E-state index is 12.3. The molecular weight excluding hydrogens is 376 g/mol. The van der Waals surface area contributed by atoms with Crippen molar-refractivity contribution in [3.63, 3.8) is 0 Å². The fourth-order valence-corrected chi connectivity index (χ4v) is 2.91. The van der Waals surface area contributed by atoms with Gasteiger partial charge in [0.25, 0.3) is 0 Å². The molecule has 0 aliphatic rings. The molecule has 0 N–H and O–H groups in total. The Balaban J connectivity index is 2.62. The number of methoxy groups -OCH3 is 1. The van der Waals surface area contributed by atoms with E-state index in [-0.39, 0.29) is 13.4 Å². The third-order valence-corrected chi connectivity index (χ3v) is 4.03. The largest absolute Gasteiger partial charge is 0.466 e. The molecule has 0 amide bonds. The first-order valence-corrected chi connectivity index (χ1v) is 8.08. The highest BCUT2D eigenvalue weighted by Gasteiger charge is 2.20. The quantitative estimate of drug-likeness (QED) is 0.403. The first-order chi connectivity index (χ1) is 11.6. The van der Waals surface area contributed by atoms with Crippen molar-refractivity contribution in [2.24, 2.45) is 0 Å². The van der Waals surface area contributed by atoms with Crippen LogP contribution in [-0.4, -0.2) is 32.8 Å². The molecule has 5 nitrogen and oxygen atoms in total. The summed E-state index contributed by atoms with van der Waals surface area (Å²) in [6.45, 7) is 2.09. The Morgan fingerprint density at radius 2 is 2.04 bits per heavy atom. The monoisotopic (exact) mass is 392 g/mol. The summed E-state index contributed by atoms with van der Waals surface area (Å²) in [7, 11) is 1.52. The molecular formula is C18H17BrO5. The summed E-state index contributed by atoms with van der Waals surface area (Å²) in [5, 5.41) is 0. The van der Waals surface area contributed by atoms with Crippen molar-refractivity contribution in [3.8, 4) is 16.9 Å². The topological polar surface area (TPSA) is 61.8 Å². The Labute approximate surface area is 148 Å². The summed E-state index contributed by atoms with van der Waals surface area (Å²) in [6.07, 6.45) is 0.757. The van der Waals surface area contributed by atoms with Gasteiger partial charge in [-0.2, -0.15) is 0 Å². The molecule has 24 heavy (non-hydrogen) atoms. The molecule has 0 atom stereocenters. The van der Waals surface area contributed by atoms with Gasteiger partial charge in [0.2, 0.25) is 0 Å². The van der Waals surface area contributed by atoms with Gasteiger partial charge in [0.1, 0.15) is 12.0 Å². The second kappa shape index (κ2) is 8.61.